The van der Waals surface area contributed by atoms with Gasteiger partial charge in [-0.05, 0) is 45.2 Å². The number of carbonyl (C=O) groups excluding carboxylic acids is 1. The van der Waals surface area contributed by atoms with Crippen molar-refractivity contribution < 1.29 is 18.0 Å². The van der Waals surface area contributed by atoms with Crippen molar-refractivity contribution in [3.8, 4) is 0 Å². The third kappa shape index (κ3) is 4.20. The molecule has 0 aromatic carbocycles. The number of Topliss-reactive ketones (excluding diaryl/α,β-unsaturated/α-hetero) is 1. The largest absolute Gasteiger partial charge is 0.389 e. The molecule has 0 radical (unpaired) electrons. The van der Waals surface area contributed by atoms with E-state index in [2.05, 4.69) is 4.90 Å². The lowest BCUT2D eigenvalue weighted by molar-refractivity contribution is -0.140. The maximum Gasteiger partial charge on any atom is 0.389 e. The highest BCUT2D eigenvalue weighted by Crippen LogP contribution is 2.31. The van der Waals surface area contributed by atoms with Gasteiger partial charge in [0, 0.05) is 12.8 Å². The Balaban J connectivity index is 2.62. The number of rotatable bonds is 7. The van der Waals surface area contributed by atoms with Gasteiger partial charge in [0.05, 0.1) is 5.54 Å². The van der Waals surface area contributed by atoms with E-state index in [1.54, 1.807) is 0 Å². The summed E-state index contributed by atoms with van der Waals surface area (Å²) in [6.07, 6.45) is -1.52. The summed E-state index contributed by atoms with van der Waals surface area (Å²) in [4.78, 5) is 14.6. The van der Waals surface area contributed by atoms with Crippen molar-refractivity contribution in [2.45, 2.75) is 70.5 Å². The molecule has 0 amide bonds. The summed E-state index contributed by atoms with van der Waals surface area (Å²) < 4.78 is 36.4. The minimum atomic E-state index is -4.16. The van der Waals surface area contributed by atoms with Crippen molar-refractivity contribution in [3.05, 3.63) is 0 Å². The summed E-state index contributed by atoms with van der Waals surface area (Å²) in [5, 5.41) is 0. The van der Waals surface area contributed by atoms with Crippen LogP contribution in [0.4, 0.5) is 13.2 Å². The highest BCUT2D eigenvalue weighted by atomic mass is 19.4. The van der Waals surface area contributed by atoms with Gasteiger partial charge < -0.3 is 0 Å². The average molecular weight is 279 g/mol. The number of nitrogens with zero attached hydrogens (tertiary/aromatic N) is 1. The molecule has 0 bridgehead atoms. The molecule has 0 unspecified atom stereocenters. The fourth-order valence-corrected chi connectivity index (χ4v) is 3.10. The molecule has 0 N–H and O–H groups in total. The lowest BCUT2D eigenvalue weighted by atomic mass is 9.83. The van der Waals surface area contributed by atoms with Crippen molar-refractivity contribution in [2.24, 2.45) is 0 Å². The fourth-order valence-electron chi connectivity index (χ4n) is 3.10. The van der Waals surface area contributed by atoms with Crippen LogP contribution in [0.5, 0.6) is 0 Å². The van der Waals surface area contributed by atoms with Crippen LogP contribution in [-0.4, -0.2) is 35.5 Å². The van der Waals surface area contributed by atoms with Crippen molar-refractivity contribution in [1.82, 2.24) is 4.90 Å². The fraction of sp³-hybridized carbons (Fsp3) is 0.929. The van der Waals surface area contributed by atoms with E-state index in [4.69, 9.17) is 0 Å². The molecule has 0 atom stereocenters. The first kappa shape index (κ1) is 16.5. The molecule has 1 aliphatic rings. The molecule has 0 aromatic heterocycles. The third-order valence-corrected chi connectivity index (χ3v) is 4.26. The van der Waals surface area contributed by atoms with Gasteiger partial charge in [-0.25, -0.2) is 0 Å². The van der Waals surface area contributed by atoms with Crippen LogP contribution >= 0.6 is 0 Å². The van der Waals surface area contributed by atoms with Gasteiger partial charge in [-0.3, -0.25) is 9.69 Å². The lowest BCUT2D eigenvalue weighted by Crippen LogP contribution is -2.52. The molecule has 112 valence electrons. The molecular formula is C14H24F3NO. The minimum Gasteiger partial charge on any atom is -0.298 e. The predicted molar refractivity (Wildman–Crippen MR) is 69.0 cm³/mol. The monoisotopic (exact) mass is 279 g/mol. The zero-order valence-electron chi connectivity index (χ0n) is 11.9. The second-order valence-corrected chi connectivity index (χ2v) is 5.32. The van der Waals surface area contributed by atoms with E-state index < -0.39 is 18.1 Å². The molecule has 0 saturated carbocycles. The van der Waals surface area contributed by atoms with Crippen LogP contribution in [0.25, 0.3) is 0 Å². The summed E-state index contributed by atoms with van der Waals surface area (Å²) in [7, 11) is 0. The van der Waals surface area contributed by atoms with E-state index in [1.165, 1.54) is 0 Å². The maximum absolute atomic E-state index is 12.4. The van der Waals surface area contributed by atoms with E-state index in [-0.39, 0.29) is 18.6 Å². The molecule has 1 rings (SSSR count). The van der Waals surface area contributed by atoms with E-state index in [0.717, 1.165) is 25.9 Å². The number of alkyl halides is 3. The number of ketones is 1. The Hall–Kier alpha value is -0.580. The van der Waals surface area contributed by atoms with Gasteiger partial charge >= 0.3 is 6.18 Å². The van der Waals surface area contributed by atoms with Crippen LogP contribution < -0.4 is 0 Å². The number of halogens is 3. The average Bonchev–Trinajstić information content (AvgIpc) is 2.84. The highest BCUT2D eigenvalue weighted by molar-refractivity contribution is 5.88. The molecule has 2 nitrogen and oxygen atoms in total. The summed E-state index contributed by atoms with van der Waals surface area (Å²) in [6.45, 7) is 5.71. The van der Waals surface area contributed by atoms with Crippen molar-refractivity contribution in [1.29, 1.82) is 0 Å². The molecule has 5 heteroatoms. The van der Waals surface area contributed by atoms with Gasteiger partial charge in [0.2, 0.25) is 0 Å². The molecule has 1 fully saturated rings. The van der Waals surface area contributed by atoms with Crippen LogP contribution in [0.1, 0.15) is 58.8 Å². The molecule has 0 spiro atoms. The maximum atomic E-state index is 12.4. The van der Waals surface area contributed by atoms with Gasteiger partial charge in [-0.1, -0.05) is 13.8 Å². The summed E-state index contributed by atoms with van der Waals surface area (Å²) in [5.41, 5.74) is -0.526. The number of likely N-dealkylation sites (tertiary alicyclic amines) is 1. The highest BCUT2D eigenvalue weighted by Gasteiger charge is 2.41. The molecule has 1 aliphatic heterocycles. The zero-order chi connectivity index (χ0) is 14.5. The standard InChI is InChI=1S/C14H24F3NO/c1-3-13(4-2,18-10-5-6-11-18)12(19)8-7-9-14(15,16)17/h3-11H2,1-2H3. The first-order valence-electron chi connectivity index (χ1n) is 7.21. The summed E-state index contributed by atoms with van der Waals surface area (Å²) >= 11 is 0. The van der Waals surface area contributed by atoms with Gasteiger partial charge in [-0.15, -0.1) is 0 Å². The third-order valence-electron chi connectivity index (χ3n) is 4.26. The van der Waals surface area contributed by atoms with Crippen LogP contribution in [-0.2, 0) is 4.79 Å². The Morgan fingerprint density at radius 1 is 1.11 bits per heavy atom. The Labute approximate surface area is 113 Å². The van der Waals surface area contributed by atoms with E-state index in [1.807, 2.05) is 13.8 Å². The quantitative estimate of drug-likeness (QED) is 0.703. The number of hydrogen-bond donors (Lipinski definition) is 0. The van der Waals surface area contributed by atoms with Gasteiger partial charge in [0.15, 0.2) is 5.78 Å². The predicted octanol–water partition coefficient (Wildman–Crippen LogP) is 3.94. The van der Waals surface area contributed by atoms with Crippen LogP contribution in [0.15, 0.2) is 0 Å². The van der Waals surface area contributed by atoms with Crippen LogP contribution in [0, 0.1) is 0 Å². The van der Waals surface area contributed by atoms with Gasteiger partial charge in [0.1, 0.15) is 0 Å². The van der Waals surface area contributed by atoms with E-state index in [0.29, 0.717) is 12.8 Å². The van der Waals surface area contributed by atoms with Crippen molar-refractivity contribution >= 4 is 5.78 Å². The number of hydrogen-bond acceptors (Lipinski definition) is 2. The Morgan fingerprint density at radius 2 is 1.63 bits per heavy atom. The van der Waals surface area contributed by atoms with Crippen molar-refractivity contribution in [2.75, 3.05) is 13.1 Å². The molecular weight excluding hydrogens is 255 g/mol. The second kappa shape index (κ2) is 6.73. The van der Waals surface area contributed by atoms with Crippen LogP contribution in [0.2, 0.25) is 0 Å². The molecule has 1 heterocycles. The Morgan fingerprint density at radius 3 is 2.05 bits per heavy atom. The first-order chi connectivity index (χ1) is 8.85. The Bertz CT molecular complexity index is 292. The van der Waals surface area contributed by atoms with E-state index in [9.17, 15) is 18.0 Å². The normalized spacial score (nSPS) is 17.9. The van der Waals surface area contributed by atoms with Gasteiger partial charge in [-0.2, -0.15) is 13.2 Å². The number of carbonyl (C=O) groups is 1. The van der Waals surface area contributed by atoms with E-state index >= 15 is 0 Å². The van der Waals surface area contributed by atoms with Crippen molar-refractivity contribution in [3.63, 3.8) is 0 Å². The smallest absolute Gasteiger partial charge is 0.298 e. The molecule has 1 saturated heterocycles. The topological polar surface area (TPSA) is 20.3 Å². The second-order valence-electron chi connectivity index (χ2n) is 5.32. The molecule has 19 heavy (non-hydrogen) atoms. The zero-order valence-corrected chi connectivity index (χ0v) is 11.9. The summed E-state index contributed by atoms with van der Waals surface area (Å²) in [5.74, 6) is -0.0105. The first-order valence-corrected chi connectivity index (χ1v) is 7.21. The molecule has 0 aliphatic carbocycles. The lowest BCUT2D eigenvalue weighted by Gasteiger charge is -2.39. The minimum absolute atomic E-state index is 0.0105. The SMILES string of the molecule is CCC(CC)(C(=O)CCCC(F)(F)F)N1CCCC1. The summed E-state index contributed by atoms with van der Waals surface area (Å²) in [6, 6.07) is 0. The Kier molecular flexibility index (Phi) is 5.83. The van der Waals surface area contributed by atoms with Gasteiger partial charge in [0.25, 0.3) is 0 Å². The molecule has 0 aromatic rings. The van der Waals surface area contributed by atoms with Crippen LogP contribution in [0.3, 0.4) is 0 Å².